The summed E-state index contributed by atoms with van der Waals surface area (Å²) in [5.41, 5.74) is 2.46. The van der Waals surface area contributed by atoms with E-state index in [1.807, 2.05) is 36.4 Å². The first-order valence-electron chi connectivity index (χ1n) is 9.04. The summed E-state index contributed by atoms with van der Waals surface area (Å²) in [6.07, 6.45) is 0. The van der Waals surface area contributed by atoms with Crippen molar-refractivity contribution in [1.82, 2.24) is 10.2 Å². The molecule has 3 rings (SSSR count). The molecular formula is C21H22BrN3O2S2. The van der Waals surface area contributed by atoms with Crippen LogP contribution < -0.4 is 10.1 Å². The van der Waals surface area contributed by atoms with Gasteiger partial charge in [0.05, 0.1) is 4.47 Å². The molecule has 0 atom stereocenters. The van der Waals surface area contributed by atoms with E-state index in [0.29, 0.717) is 10.9 Å². The molecule has 1 N–H and O–H groups in total. The Labute approximate surface area is 187 Å². The third-order valence-corrected chi connectivity index (χ3v) is 6.68. The van der Waals surface area contributed by atoms with Crippen LogP contribution in [0.5, 0.6) is 5.75 Å². The molecule has 0 aliphatic heterocycles. The van der Waals surface area contributed by atoms with E-state index in [-0.39, 0.29) is 17.9 Å². The Morgan fingerprint density at radius 1 is 1.17 bits per heavy atom. The predicted octanol–water partition coefficient (Wildman–Crippen LogP) is 5.91. The third-order valence-electron chi connectivity index (χ3n) is 4.01. The topological polar surface area (TPSA) is 64.1 Å². The fraction of sp³-hybridized carbons (Fsp3) is 0.286. The summed E-state index contributed by atoms with van der Waals surface area (Å²) < 4.78 is 7.28. The minimum absolute atomic E-state index is 0.0481. The van der Waals surface area contributed by atoms with Crippen LogP contribution in [0.1, 0.15) is 31.9 Å². The molecule has 0 radical (unpaired) electrons. The van der Waals surface area contributed by atoms with Gasteiger partial charge in [0, 0.05) is 5.75 Å². The van der Waals surface area contributed by atoms with Crippen molar-refractivity contribution in [3.8, 4) is 5.75 Å². The van der Waals surface area contributed by atoms with Crippen LogP contribution >= 0.6 is 39.0 Å². The van der Waals surface area contributed by atoms with Crippen LogP contribution in [-0.2, 0) is 16.0 Å². The number of halogens is 1. The standard InChI is InChI=1S/C21H22BrN3O2S2/c1-21(2,3)15-9-10-17(16(22)11-15)27-12-18(26)23-19-24-25-20(29-19)28-13-14-7-5-4-6-8-14/h4-11H,12-13H2,1-3H3,(H,23,24,26). The third kappa shape index (κ3) is 6.55. The number of carbonyl (C=O) groups is 1. The summed E-state index contributed by atoms with van der Waals surface area (Å²) in [6, 6.07) is 16.1. The minimum Gasteiger partial charge on any atom is -0.483 e. The second kappa shape index (κ2) is 9.73. The summed E-state index contributed by atoms with van der Waals surface area (Å²) in [5.74, 6) is 1.17. The zero-order valence-electron chi connectivity index (χ0n) is 16.4. The maximum Gasteiger partial charge on any atom is 0.264 e. The Bertz CT molecular complexity index is 972. The summed E-state index contributed by atoms with van der Waals surface area (Å²) in [5, 5.41) is 11.4. The molecular weight excluding hydrogens is 470 g/mol. The van der Waals surface area contributed by atoms with Gasteiger partial charge in [0.2, 0.25) is 5.13 Å². The first kappa shape index (κ1) is 21.8. The molecule has 0 spiro atoms. The molecule has 0 aliphatic carbocycles. The van der Waals surface area contributed by atoms with Gasteiger partial charge < -0.3 is 4.74 Å². The number of hydrogen-bond acceptors (Lipinski definition) is 6. The lowest BCUT2D eigenvalue weighted by atomic mass is 9.87. The second-order valence-corrected chi connectivity index (χ2v) is 10.4. The number of benzene rings is 2. The van der Waals surface area contributed by atoms with Gasteiger partial charge >= 0.3 is 0 Å². The molecule has 29 heavy (non-hydrogen) atoms. The normalized spacial score (nSPS) is 11.3. The number of carbonyl (C=O) groups excluding carboxylic acids is 1. The molecule has 0 bridgehead atoms. The van der Waals surface area contributed by atoms with Crippen LogP contribution in [0.3, 0.4) is 0 Å². The molecule has 1 aromatic heterocycles. The molecule has 0 unspecified atom stereocenters. The van der Waals surface area contributed by atoms with E-state index in [1.54, 1.807) is 11.8 Å². The van der Waals surface area contributed by atoms with Gasteiger partial charge in [-0.1, -0.05) is 80.3 Å². The Morgan fingerprint density at radius 2 is 1.93 bits per heavy atom. The Kier molecular flexibility index (Phi) is 7.32. The molecule has 0 saturated heterocycles. The lowest BCUT2D eigenvalue weighted by Gasteiger charge is -2.20. The SMILES string of the molecule is CC(C)(C)c1ccc(OCC(=O)Nc2nnc(SCc3ccccc3)s2)c(Br)c1. The van der Waals surface area contributed by atoms with Crippen molar-refractivity contribution in [2.75, 3.05) is 11.9 Å². The van der Waals surface area contributed by atoms with E-state index >= 15 is 0 Å². The Morgan fingerprint density at radius 3 is 2.62 bits per heavy atom. The van der Waals surface area contributed by atoms with E-state index in [1.165, 1.54) is 22.5 Å². The molecule has 2 aromatic carbocycles. The minimum atomic E-state index is -0.271. The fourth-order valence-corrected chi connectivity index (χ4v) is 4.64. The molecule has 152 valence electrons. The van der Waals surface area contributed by atoms with Crippen LogP contribution in [-0.4, -0.2) is 22.7 Å². The van der Waals surface area contributed by atoms with E-state index in [4.69, 9.17) is 4.74 Å². The first-order chi connectivity index (χ1) is 13.8. The average Bonchev–Trinajstić information content (AvgIpc) is 3.12. The number of nitrogens with zero attached hydrogens (tertiary/aromatic N) is 2. The molecule has 1 heterocycles. The van der Waals surface area contributed by atoms with Crippen molar-refractivity contribution in [3.63, 3.8) is 0 Å². The van der Waals surface area contributed by atoms with Gasteiger partial charge in [-0.05, 0) is 44.6 Å². The van der Waals surface area contributed by atoms with Crippen molar-refractivity contribution in [1.29, 1.82) is 0 Å². The molecule has 8 heteroatoms. The van der Waals surface area contributed by atoms with Gasteiger partial charge in [0.1, 0.15) is 5.75 Å². The number of hydrogen-bond donors (Lipinski definition) is 1. The van der Waals surface area contributed by atoms with Crippen LogP contribution in [0.4, 0.5) is 5.13 Å². The number of aromatic nitrogens is 2. The largest absolute Gasteiger partial charge is 0.483 e. The molecule has 0 fully saturated rings. The van der Waals surface area contributed by atoms with Gasteiger partial charge in [-0.3, -0.25) is 10.1 Å². The zero-order chi connectivity index (χ0) is 20.9. The van der Waals surface area contributed by atoms with Crippen molar-refractivity contribution < 1.29 is 9.53 Å². The quantitative estimate of drug-likeness (QED) is 0.328. The Balaban J connectivity index is 1.49. The van der Waals surface area contributed by atoms with Crippen molar-refractivity contribution in [2.24, 2.45) is 0 Å². The predicted molar refractivity (Wildman–Crippen MR) is 123 cm³/mol. The number of rotatable bonds is 7. The molecule has 5 nitrogen and oxygen atoms in total. The van der Waals surface area contributed by atoms with E-state index in [9.17, 15) is 4.79 Å². The fourth-order valence-electron chi connectivity index (χ4n) is 2.42. The number of ether oxygens (including phenoxy) is 1. The van der Waals surface area contributed by atoms with Gasteiger partial charge in [0.25, 0.3) is 5.91 Å². The second-order valence-electron chi connectivity index (χ2n) is 7.38. The highest BCUT2D eigenvalue weighted by molar-refractivity contribution is 9.10. The Hall–Kier alpha value is -1.90. The molecule has 0 aliphatic rings. The van der Waals surface area contributed by atoms with Crippen LogP contribution in [0, 0.1) is 0 Å². The monoisotopic (exact) mass is 491 g/mol. The number of amides is 1. The van der Waals surface area contributed by atoms with Gasteiger partial charge in [0.15, 0.2) is 10.9 Å². The van der Waals surface area contributed by atoms with Crippen molar-refractivity contribution in [3.05, 3.63) is 64.1 Å². The van der Waals surface area contributed by atoms with E-state index < -0.39 is 0 Å². The van der Waals surface area contributed by atoms with Gasteiger partial charge in [-0.2, -0.15) is 0 Å². The average molecular weight is 492 g/mol. The summed E-state index contributed by atoms with van der Waals surface area (Å²) in [4.78, 5) is 12.2. The van der Waals surface area contributed by atoms with Crippen molar-refractivity contribution in [2.45, 2.75) is 36.3 Å². The lowest BCUT2D eigenvalue weighted by Crippen LogP contribution is -2.20. The first-order valence-corrected chi connectivity index (χ1v) is 11.6. The highest BCUT2D eigenvalue weighted by Crippen LogP contribution is 2.32. The zero-order valence-corrected chi connectivity index (χ0v) is 19.7. The van der Waals surface area contributed by atoms with E-state index in [0.717, 1.165) is 14.6 Å². The number of anilines is 1. The molecule has 1 amide bonds. The highest BCUT2D eigenvalue weighted by atomic mass is 79.9. The van der Waals surface area contributed by atoms with Crippen LogP contribution in [0.25, 0.3) is 0 Å². The summed E-state index contributed by atoms with van der Waals surface area (Å²) in [6.45, 7) is 6.35. The smallest absolute Gasteiger partial charge is 0.264 e. The summed E-state index contributed by atoms with van der Waals surface area (Å²) >= 11 is 6.46. The number of nitrogens with one attached hydrogen (secondary N) is 1. The van der Waals surface area contributed by atoms with Gasteiger partial charge in [-0.15, -0.1) is 10.2 Å². The van der Waals surface area contributed by atoms with Crippen LogP contribution in [0.2, 0.25) is 0 Å². The van der Waals surface area contributed by atoms with Gasteiger partial charge in [-0.25, -0.2) is 0 Å². The summed E-state index contributed by atoms with van der Waals surface area (Å²) in [7, 11) is 0. The van der Waals surface area contributed by atoms with Crippen molar-refractivity contribution >= 4 is 50.1 Å². The lowest BCUT2D eigenvalue weighted by molar-refractivity contribution is -0.118. The van der Waals surface area contributed by atoms with Crippen LogP contribution in [0.15, 0.2) is 57.3 Å². The number of thioether (sulfide) groups is 1. The maximum absolute atomic E-state index is 12.2. The maximum atomic E-state index is 12.2. The highest BCUT2D eigenvalue weighted by Gasteiger charge is 2.16. The molecule has 3 aromatic rings. The molecule has 0 saturated carbocycles. The van der Waals surface area contributed by atoms with E-state index in [2.05, 4.69) is 64.3 Å².